The van der Waals surface area contributed by atoms with E-state index in [1.807, 2.05) is 11.3 Å². The van der Waals surface area contributed by atoms with Crippen LogP contribution in [0.15, 0.2) is 9.85 Å². The summed E-state index contributed by atoms with van der Waals surface area (Å²) in [5, 5.41) is 3.44. The third kappa shape index (κ3) is 5.46. The molecule has 0 aliphatic rings. The first-order valence-electron chi connectivity index (χ1n) is 6.19. The third-order valence-electron chi connectivity index (χ3n) is 2.72. The van der Waals surface area contributed by atoms with Crippen molar-refractivity contribution in [2.45, 2.75) is 46.0 Å². The molecule has 3 heteroatoms. The fraction of sp³-hybridized carbons (Fsp3) is 0.692. The van der Waals surface area contributed by atoms with E-state index in [2.05, 4.69) is 41.2 Å². The zero-order valence-corrected chi connectivity index (χ0v) is 12.7. The van der Waals surface area contributed by atoms with Crippen LogP contribution < -0.4 is 5.32 Å². The standard InChI is InChI=1S/C13H22BrNS/c1-3-8-15-9-6-4-5-7-12-10-13(14)16-11(12)2/h10,15H,3-9H2,1-2H3. The van der Waals surface area contributed by atoms with Gasteiger partial charge in [0.15, 0.2) is 0 Å². The van der Waals surface area contributed by atoms with Gasteiger partial charge < -0.3 is 5.32 Å². The van der Waals surface area contributed by atoms with E-state index in [0.29, 0.717) is 0 Å². The molecular formula is C13H22BrNS. The minimum Gasteiger partial charge on any atom is -0.317 e. The molecule has 0 saturated carbocycles. The number of hydrogen-bond acceptors (Lipinski definition) is 2. The molecule has 16 heavy (non-hydrogen) atoms. The summed E-state index contributed by atoms with van der Waals surface area (Å²) in [6.45, 7) is 6.77. The average molecular weight is 304 g/mol. The second kappa shape index (κ2) is 8.26. The predicted octanol–water partition coefficient (Wildman–Crippen LogP) is 4.53. The van der Waals surface area contributed by atoms with Gasteiger partial charge in [0.05, 0.1) is 3.79 Å². The van der Waals surface area contributed by atoms with E-state index in [4.69, 9.17) is 0 Å². The highest BCUT2D eigenvalue weighted by Crippen LogP contribution is 2.27. The zero-order chi connectivity index (χ0) is 11.8. The molecule has 0 saturated heterocycles. The summed E-state index contributed by atoms with van der Waals surface area (Å²) in [6, 6.07) is 2.27. The normalized spacial score (nSPS) is 10.9. The highest BCUT2D eigenvalue weighted by molar-refractivity contribution is 9.11. The van der Waals surface area contributed by atoms with Gasteiger partial charge in [0, 0.05) is 4.88 Å². The van der Waals surface area contributed by atoms with Crippen molar-refractivity contribution in [2.75, 3.05) is 13.1 Å². The Balaban J connectivity index is 2.05. The van der Waals surface area contributed by atoms with E-state index in [1.165, 1.54) is 52.9 Å². The average Bonchev–Trinajstić information content (AvgIpc) is 2.56. The van der Waals surface area contributed by atoms with Crippen LogP contribution >= 0.6 is 27.3 Å². The van der Waals surface area contributed by atoms with Crippen molar-refractivity contribution in [3.05, 3.63) is 20.3 Å². The third-order valence-corrected chi connectivity index (χ3v) is 4.31. The molecular weight excluding hydrogens is 282 g/mol. The molecule has 1 heterocycles. The van der Waals surface area contributed by atoms with Crippen molar-refractivity contribution in [3.63, 3.8) is 0 Å². The van der Waals surface area contributed by atoms with Gasteiger partial charge in [0.25, 0.3) is 0 Å². The van der Waals surface area contributed by atoms with Crippen molar-refractivity contribution in [1.29, 1.82) is 0 Å². The van der Waals surface area contributed by atoms with Crippen LogP contribution in [0.3, 0.4) is 0 Å². The lowest BCUT2D eigenvalue weighted by molar-refractivity contribution is 0.599. The molecule has 1 aromatic rings. The van der Waals surface area contributed by atoms with Crippen molar-refractivity contribution in [3.8, 4) is 0 Å². The molecule has 92 valence electrons. The smallest absolute Gasteiger partial charge is 0.0704 e. The molecule has 0 bridgehead atoms. The number of nitrogens with one attached hydrogen (secondary N) is 1. The van der Waals surface area contributed by atoms with E-state index >= 15 is 0 Å². The van der Waals surface area contributed by atoms with Crippen LogP contribution in [-0.2, 0) is 6.42 Å². The number of aryl methyl sites for hydroxylation is 2. The Morgan fingerprint density at radius 1 is 1.25 bits per heavy atom. The molecule has 1 rings (SSSR count). The number of hydrogen-bond donors (Lipinski definition) is 1. The molecule has 0 atom stereocenters. The van der Waals surface area contributed by atoms with Crippen LogP contribution in [0.1, 0.15) is 43.0 Å². The number of halogens is 1. The van der Waals surface area contributed by atoms with Gasteiger partial charge in [-0.15, -0.1) is 11.3 Å². The topological polar surface area (TPSA) is 12.0 Å². The maximum atomic E-state index is 3.54. The van der Waals surface area contributed by atoms with Gasteiger partial charge in [-0.25, -0.2) is 0 Å². The largest absolute Gasteiger partial charge is 0.317 e. The van der Waals surface area contributed by atoms with Gasteiger partial charge in [0.1, 0.15) is 0 Å². The van der Waals surface area contributed by atoms with Gasteiger partial charge in [-0.05, 0) is 73.3 Å². The van der Waals surface area contributed by atoms with Gasteiger partial charge in [-0.1, -0.05) is 13.3 Å². The molecule has 0 aromatic carbocycles. The maximum absolute atomic E-state index is 3.54. The van der Waals surface area contributed by atoms with Gasteiger partial charge in [-0.3, -0.25) is 0 Å². The molecule has 0 aliphatic heterocycles. The van der Waals surface area contributed by atoms with Crippen LogP contribution in [-0.4, -0.2) is 13.1 Å². The summed E-state index contributed by atoms with van der Waals surface area (Å²) in [4.78, 5) is 1.47. The second-order valence-corrected chi connectivity index (χ2v) is 6.83. The lowest BCUT2D eigenvalue weighted by Gasteiger charge is -2.03. The molecule has 0 amide bonds. The fourth-order valence-electron chi connectivity index (χ4n) is 1.77. The van der Waals surface area contributed by atoms with Crippen LogP contribution in [0.4, 0.5) is 0 Å². The van der Waals surface area contributed by atoms with E-state index in [1.54, 1.807) is 0 Å². The van der Waals surface area contributed by atoms with Crippen molar-refractivity contribution in [1.82, 2.24) is 5.32 Å². The highest BCUT2D eigenvalue weighted by atomic mass is 79.9. The van der Waals surface area contributed by atoms with Gasteiger partial charge in [-0.2, -0.15) is 0 Å². The molecule has 0 spiro atoms. The monoisotopic (exact) mass is 303 g/mol. The molecule has 1 aromatic heterocycles. The number of thiophene rings is 1. The van der Waals surface area contributed by atoms with Gasteiger partial charge >= 0.3 is 0 Å². The summed E-state index contributed by atoms with van der Waals surface area (Å²) >= 11 is 5.39. The minimum atomic E-state index is 1.16. The summed E-state index contributed by atoms with van der Waals surface area (Å²) < 4.78 is 1.27. The highest BCUT2D eigenvalue weighted by Gasteiger charge is 2.02. The molecule has 1 N–H and O–H groups in total. The Kier molecular flexibility index (Phi) is 7.33. The zero-order valence-electron chi connectivity index (χ0n) is 10.3. The number of unbranched alkanes of at least 4 members (excludes halogenated alkanes) is 2. The van der Waals surface area contributed by atoms with Crippen molar-refractivity contribution >= 4 is 27.3 Å². The molecule has 1 nitrogen and oxygen atoms in total. The van der Waals surface area contributed by atoms with E-state index in [-0.39, 0.29) is 0 Å². The van der Waals surface area contributed by atoms with Crippen LogP contribution in [0, 0.1) is 6.92 Å². The molecule has 0 fully saturated rings. The summed E-state index contributed by atoms with van der Waals surface area (Å²) in [7, 11) is 0. The van der Waals surface area contributed by atoms with Crippen molar-refractivity contribution < 1.29 is 0 Å². The number of rotatable bonds is 8. The Morgan fingerprint density at radius 3 is 2.69 bits per heavy atom. The Morgan fingerprint density at radius 2 is 2.06 bits per heavy atom. The van der Waals surface area contributed by atoms with Crippen LogP contribution in [0.5, 0.6) is 0 Å². The van der Waals surface area contributed by atoms with E-state index in [0.717, 1.165) is 6.54 Å². The fourth-order valence-corrected chi connectivity index (χ4v) is 3.56. The first-order valence-corrected chi connectivity index (χ1v) is 7.80. The predicted molar refractivity (Wildman–Crippen MR) is 77.5 cm³/mol. The van der Waals surface area contributed by atoms with Gasteiger partial charge in [0.2, 0.25) is 0 Å². The Bertz CT molecular complexity index is 296. The quantitative estimate of drug-likeness (QED) is 0.696. The van der Waals surface area contributed by atoms with E-state index in [9.17, 15) is 0 Å². The first-order chi connectivity index (χ1) is 7.74. The lowest BCUT2D eigenvalue weighted by Crippen LogP contribution is -2.15. The minimum absolute atomic E-state index is 1.16. The maximum Gasteiger partial charge on any atom is 0.0704 e. The summed E-state index contributed by atoms with van der Waals surface area (Å²) in [5.74, 6) is 0. The molecule has 0 aliphatic carbocycles. The second-order valence-electron chi connectivity index (χ2n) is 4.19. The Labute approximate surface area is 112 Å². The summed E-state index contributed by atoms with van der Waals surface area (Å²) in [6.07, 6.45) is 6.44. The molecule has 0 radical (unpaired) electrons. The SMILES string of the molecule is CCCNCCCCCc1cc(Br)sc1C. The lowest BCUT2D eigenvalue weighted by atomic mass is 10.1. The Hall–Kier alpha value is 0.140. The van der Waals surface area contributed by atoms with E-state index < -0.39 is 0 Å². The molecule has 0 unspecified atom stereocenters. The van der Waals surface area contributed by atoms with Crippen LogP contribution in [0.25, 0.3) is 0 Å². The summed E-state index contributed by atoms with van der Waals surface area (Å²) in [5.41, 5.74) is 1.53. The van der Waals surface area contributed by atoms with Crippen molar-refractivity contribution in [2.24, 2.45) is 0 Å². The first kappa shape index (κ1) is 14.2. The van der Waals surface area contributed by atoms with Crippen LogP contribution in [0.2, 0.25) is 0 Å².